The molecule has 0 radical (unpaired) electrons. The molecule has 0 aromatic heterocycles. The fraction of sp³-hybridized carbons (Fsp3) is 0.769. The van der Waals surface area contributed by atoms with Crippen LogP contribution in [0.15, 0.2) is 12.2 Å². The maximum Gasteiger partial charge on any atom is 0.337 e. The van der Waals surface area contributed by atoms with E-state index < -0.39 is 8.56 Å². The second-order valence-electron chi connectivity index (χ2n) is 4.48. The maximum absolute atomic E-state index is 11.4. The highest BCUT2D eigenvalue weighted by atomic mass is 28.4. The van der Waals surface area contributed by atoms with Crippen molar-refractivity contribution in [3.63, 3.8) is 0 Å². The van der Waals surface area contributed by atoms with Crippen LogP contribution in [0.1, 0.15) is 39.5 Å². The Morgan fingerprint density at radius 2 is 1.76 bits per heavy atom. The summed E-state index contributed by atoms with van der Waals surface area (Å²) in [4.78, 5) is 11.4. The van der Waals surface area contributed by atoms with Crippen molar-refractivity contribution in [3.8, 4) is 0 Å². The first-order valence-corrected chi connectivity index (χ1v) is 8.53. The molecule has 0 spiro atoms. The van der Waals surface area contributed by atoms with Gasteiger partial charge in [-0.2, -0.15) is 0 Å². The summed E-state index contributed by atoms with van der Waals surface area (Å²) in [6.45, 7) is 7.56. The predicted molar refractivity (Wildman–Crippen MR) is 73.3 cm³/mol. The zero-order chi connectivity index (χ0) is 13.3. The van der Waals surface area contributed by atoms with Crippen LogP contribution < -0.4 is 0 Å². The van der Waals surface area contributed by atoms with Crippen LogP contribution >= 0.6 is 0 Å². The minimum absolute atomic E-state index is 0.169. The molecule has 0 aromatic rings. The van der Waals surface area contributed by atoms with Crippen LogP contribution in [-0.4, -0.2) is 28.6 Å². The van der Waals surface area contributed by atoms with Crippen LogP contribution in [0, 0.1) is 0 Å². The molecule has 0 amide bonds. The Morgan fingerprint density at radius 1 is 1.18 bits per heavy atom. The van der Waals surface area contributed by atoms with Crippen LogP contribution in [0.5, 0.6) is 0 Å². The second kappa shape index (κ2) is 8.61. The van der Waals surface area contributed by atoms with Crippen LogP contribution in [0.3, 0.4) is 0 Å². The van der Waals surface area contributed by atoms with Crippen molar-refractivity contribution in [3.05, 3.63) is 12.2 Å². The molecule has 0 saturated heterocycles. The Kier molecular flexibility index (Phi) is 8.38. The summed E-state index contributed by atoms with van der Waals surface area (Å²) in [6.07, 6.45) is 3.57. The van der Waals surface area contributed by atoms with E-state index >= 15 is 0 Å². The highest BCUT2D eigenvalue weighted by Gasteiger charge is 2.33. The van der Waals surface area contributed by atoms with E-state index in [2.05, 4.69) is 13.5 Å². The number of carbonyl (C=O) groups excluding carboxylic acids is 1. The number of rotatable bonds is 10. The first-order chi connectivity index (χ1) is 8.01. The van der Waals surface area contributed by atoms with Gasteiger partial charge in [0, 0.05) is 20.6 Å². The number of hydrogen-bond donors (Lipinski definition) is 0. The van der Waals surface area contributed by atoms with Gasteiger partial charge in [0.05, 0.1) is 0 Å². The largest absolute Gasteiger partial charge is 0.398 e. The molecular formula is C13H26O3Si. The lowest BCUT2D eigenvalue weighted by molar-refractivity contribution is -0.115. The van der Waals surface area contributed by atoms with E-state index in [0.29, 0.717) is 12.0 Å². The standard InChI is InChI=1S/C13H26O3Si/c1-6-10-17(15-4,16-5)11-8-7-9-13(14)12(2)3/h2,6-11H2,1,3-5H3. The lowest BCUT2D eigenvalue weighted by Gasteiger charge is -2.26. The van der Waals surface area contributed by atoms with Crippen molar-refractivity contribution in [2.24, 2.45) is 0 Å². The normalized spacial score (nSPS) is 11.5. The van der Waals surface area contributed by atoms with E-state index in [1.54, 1.807) is 21.1 Å². The Balaban J connectivity index is 3.98. The van der Waals surface area contributed by atoms with Crippen LogP contribution in [-0.2, 0) is 13.6 Å². The lowest BCUT2D eigenvalue weighted by atomic mass is 10.1. The number of carbonyl (C=O) groups is 1. The summed E-state index contributed by atoms with van der Waals surface area (Å²) >= 11 is 0. The van der Waals surface area contributed by atoms with Crippen LogP contribution in [0.2, 0.25) is 12.1 Å². The number of ketones is 1. The molecule has 0 bridgehead atoms. The number of allylic oxidation sites excluding steroid dienone is 1. The Hall–Kier alpha value is -0.453. The zero-order valence-corrected chi connectivity index (χ0v) is 12.7. The molecule has 0 aliphatic rings. The average molecular weight is 258 g/mol. The average Bonchev–Trinajstić information content (AvgIpc) is 2.32. The summed E-state index contributed by atoms with van der Waals surface area (Å²) in [5, 5.41) is 0. The Morgan fingerprint density at radius 3 is 2.18 bits per heavy atom. The van der Waals surface area contributed by atoms with E-state index in [0.717, 1.165) is 31.4 Å². The molecule has 100 valence electrons. The van der Waals surface area contributed by atoms with E-state index in [4.69, 9.17) is 8.85 Å². The zero-order valence-electron chi connectivity index (χ0n) is 11.7. The summed E-state index contributed by atoms with van der Waals surface area (Å²) < 4.78 is 11.2. The van der Waals surface area contributed by atoms with Crippen molar-refractivity contribution in [2.75, 3.05) is 14.2 Å². The van der Waals surface area contributed by atoms with Gasteiger partial charge in [-0.15, -0.1) is 0 Å². The molecule has 0 heterocycles. The predicted octanol–water partition coefficient (Wildman–Crippen LogP) is 3.45. The first kappa shape index (κ1) is 16.5. The third kappa shape index (κ3) is 6.15. The van der Waals surface area contributed by atoms with Gasteiger partial charge in [0.1, 0.15) is 0 Å². The molecule has 3 nitrogen and oxygen atoms in total. The van der Waals surface area contributed by atoms with Gasteiger partial charge in [0.2, 0.25) is 0 Å². The lowest BCUT2D eigenvalue weighted by Crippen LogP contribution is -2.39. The molecule has 0 aliphatic heterocycles. The van der Waals surface area contributed by atoms with Crippen LogP contribution in [0.4, 0.5) is 0 Å². The number of hydrogen-bond acceptors (Lipinski definition) is 3. The summed E-state index contributed by atoms with van der Waals surface area (Å²) in [6, 6.07) is 1.99. The Bertz CT molecular complexity index is 247. The molecule has 4 heteroatoms. The summed E-state index contributed by atoms with van der Waals surface area (Å²) in [7, 11) is 1.50. The Labute approximate surface area is 106 Å². The van der Waals surface area contributed by atoms with E-state index in [1.807, 2.05) is 0 Å². The minimum Gasteiger partial charge on any atom is -0.398 e. The fourth-order valence-electron chi connectivity index (χ4n) is 1.89. The molecule has 0 saturated carbocycles. The van der Waals surface area contributed by atoms with Crippen LogP contribution in [0.25, 0.3) is 0 Å². The van der Waals surface area contributed by atoms with Gasteiger partial charge in [-0.25, -0.2) is 0 Å². The molecular weight excluding hydrogens is 232 g/mol. The number of unbranched alkanes of at least 4 members (excludes halogenated alkanes) is 1. The third-order valence-corrected chi connectivity index (χ3v) is 6.93. The third-order valence-electron chi connectivity index (χ3n) is 3.06. The second-order valence-corrected chi connectivity index (χ2v) is 8.12. The number of Topliss-reactive ketones (excluding diaryl/α,β-unsaturated/α-hetero) is 1. The maximum atomic E-state index is 11.4. The monoisotopic (exact) mass is 258 g/mol. The highest BCUT2D eigenvalue weighted by molar-refractivity contribution is 6.67. The SMILES string of the molecule is C=C(C)C(=O)CCCC[Si](CCC)(OC)OC. The van der Waals surface area contributed by atoms with Gasteiger partial charge in [-0.1, -0.05) is 26.3 Å². The molecule has 0 fully saturated rings. The molecule has 0 atom stereocenters. The molecule has 17 heavy (non-hydrogen) atoms. The topological polar surface area (TPSA) is 35.5 Å². The van der Waals surface area contributed by atoms with Gasteiger partial charge >= 0.3 is 8.56 Å². The molecule has 0 aromatic carbocycles. The van der Waals surface area contributed by atoms with Crippen molar-refractivity contribution in [2.45, 2.75) is 51.6 Å². The van der Waals surface area contributed by atoms with Gasteiger partial charge in [-0.3, -0.25) is 4.79 Å². The summed E-state index contributed by atoms with van der Waals surface area (Å²) in [5.41, 5.74) is 0.653. The van der Waals surface area contributed by atoms with E-state index in [9.17, 15) is 4.79 Å². The minimum atomic E-state index is -1.98. The first-order valence-electron chi connectivity index (χ1n) is 6.30. The van der Waals surface area contributed by atoms with Crippen molar-refractivity contribution in [1.29, 1.82) is 0 Å². The van der Waals surface area contributed by atoms with Gasteiger partial charge in [0.15, 0.2) is 5.78 Å². The van der Waals surface area contributed by atoms with E-state index in [1.165, 1.54) is 0 Å². The van der Waals surface area contributed by atoms with Gasteiger partial charge in [0.25, 0.3) is 0 Å². The quantitative estimate of drug-likeness (QED) is 0.342. The molecule has 0 unspecified atom stereocenters. The van der Waals surface area contributed by atoms with Crippen molar-refractivity contribution >= 4 is 14.3 Å². The van der Waals surface area contributed by atoms with Crippen molar-refractivity contribution < 1.29 is 13.6 Å². The molecule has 0 aliphatic carbocycles. The fourth-order valence-corrected chi connectivity index (χ4v) is 4.67. The van der Waals surface area contributed by atoms with E-state index in [-0.39, 0.29) is 5.78 Å². The molecule has 0 rings (SSSR count). The summed E-state index contributed by atoms with van der Waals surface area (Å²) in [5.74, 6) is 0.169. The van der Waals surface area contributed by atoms with Crippen molar-refractivity contribution in [1.82, 2.24) is 0 Å². The van der Waals surface area contributed by atoms with Gasteiger partial charge < -0.3 is 8.85 Å². The smallest absolute Gasteiger partial charge is 0.337 e. The highest BCUT2D eigenvalue weighted by Crippen LogP contribution is 2.22. The van der Waals surface area contributed by atoms with Gasteiger partial charge in [-0.05, 0) is 31.0 Å². The molecule has 0 N–H and O–H groups in total.